The molecule has 0 amide bonds. The number of halogens is 2. The molecule has 0 heterocycles. The average molecular weight is 184 g/mol. The third kappa shape index (κ3) is 2.11. The quantitative estimate of drug-likeness (QED) is 0.660. The molecule has 1 unspecified atom stereocenters. The van der Waals surface area contributed by atoms with E-state index in [0.717, 1.165) is 12.1 Å². The fourth-order valence-electron chi connectivity index (χ4n) is 1.19. The highest BCUT2D eigenvalue weighted by Gasteiger charge is 2.13. The van der Waals surface area contributed by atoms with Crippen LogP contribution in [-0.2, 0) is 4.79 Å². The molecule has 0 N–H and O–H groups in total. The van der Waals surface area contributed by atoms with Crippen molar-refractivity contribution in [2.75, 3.05) is 0 Å². The van der Waals surface area contributed by atoms with E-state index in [4.69, 9.17) is 0 Å². The molecule has 0 aliphatic rings. The van der Waals surface area contributed by atoms with Gasteiger partial charge in [-0.15, -0.1) is 0 Å². The largest absolute Gasteiger partial charge is 0.303 e. The lowest BCUT2D eigenvalue weighted by Gasteiger charge is -2.08. The van der Waals surface area contributed by atoms with Crippen LogP contribution in [0.15, 0.2) is 18.2 Å². The summed E-state index contributed by atoms with van der Waals surface area (Å²) in [6.07, 6.45) is 1.20. The second kappa shape index (κ2) is 4.12. The Balaban J connectivity index is 3.06. The molecule has 70 valence electrons. The monoisotopic (exact) mass is 184 g/mol. The fourth-order valence-corrected chi connectivity index (χ4v) is 1.19. The van der Waals surface area contributed by atoms with Gasteiger partial charge in [0.05, 0.1) is 0 Å². The summed E-state index contributed by atoms with van der Waals surface area (Å²) < 4.78 is 25.6. The third-order valence-electron chi connectivity index (χ3n) is 1.97. The van der Waals surface area contributed by atoms with Crippen molar-refractivity contribution < 1.29 is 13.6 Å². The molecule has 1 aromatic rings. The normalized spacial score (nSPS) is 12.5. The minimum Gasteiger partial charge on any atom is -0.303 e. The van der Waals surface area contributed by atoms with E-state index >= 15 is 0 Å². The molecule has 0 aliphatic heterocycles. The fraction of sp³-hybridized carbons (Fsp3) is 0.300. The number of hydrogen-bond acceptors (Lipinski definition) is 1. The van der Waals surface area contributed by atoms with E-state index < -0.39 is 17.6 Å². The van der Waals surface area contributed by atoms with E-state index in [1.54, 1.807) is 6.92 Å². The molecule has 0 saturated heterocycles. The first kappa shape index (κ1) is 9.84. The lowest BCUT2D eigenvalue weighted by Crippen LogP contribution is -2.01. The highest BCUT2D eigenvalue weighted by atomic mass is 19.1. The predicted octanol–water partition coefficient (Wildman–Crippen LogP) is 2.66. The Morgan fingerprint density at radius 2 is 2.15 bits per heavy atom. The molecule has 0 spiro atoms. The van der Waals surface area contributed by atoms with Crippen LogP contribution in [0.25, 0.3) is 0 Å². The van der Waals surface area contributed by atoms with Crippen molar-refractivity contribution in [2.24, 2.45) is 0 Å². The Morgan fingerprint density at radius 3 is 2.62 bits per heavy atom. The maximum atomic E-state index is 13.1. The number of carbonyl (C=O) groups is 1. The molecule has 1 aromatic carbocycles. The summed E-state index contributed by atoms with van der Waals surface area (Å²) in [5, 5.41) is 0. The zero-order valence-electron chi connectivity index (χ0n) is 7.26. The summed E-state index contributed by atoms with van der Waals surface area (Å²) in [6, 6.07) is 3.26. The molecule has 1 nitrogen and oxygen atoms in total. The smallest absolute Gasteiger partial charge is 0.130 e. The summed E-state index contributed by atoms with van der Waals surface area (Å²) >= 11 is 0. The second-order valence-electron chi connectivity index (χ2n) is 2.82. The lowest BCUT2D eigenvalue weighted by molar-refractivity contribution is -0.109. The van der Waals surface area contributed by atoms with Gasteiger partial charge in [-0.25, -0.2) is 8.78 Å². The number of carbonyl (C=O) groups excluding carboxylic acids is 1. The van der Waals surface area contributed by atoms with Gasteiger partial charge >= 0.3 is 0 Å². The molecule has 0 fully saturated rings. The van der Waals surface area contributed by atoms with Crippen molar-refractivity contribution in [1.82, 2.24) is 0 Å². The summed E-state index contributed by atoms with van der Waals surface area (Å²) in [5.41, 5.74) is 0.263. The minimum absolute atomic E-state index is 0.263. The lowest BCUT2D eigenvalue weighted by atomic mass is 9.98. The van der Waals surface area contributed by atoms with Crippen molar-refractivity contribution in [2.45, 2.75) is 19.3 Å². The topological polar surface area (TPSA) is 17.1 Å². The van der Waals surface area contributed by atoms with Gasteiger partial charge in [-0.2, -0.15) is 0 Å². The van der Waals surface area contributed by atoms with Gasteiger partial charge in [-0.3, -0.25) is 0 Å². The van der Waals surface area contributed by atoms with E-state index in [-0.39, 0.29) is 5.56 Å². The first-order valence-corrected chi connectivity index (χ1v) is 4.09. The first-order valence-electron chi connectivity index (χ1n) is 4.09. The number of aldehydes is 1. The highest BCUT2D eigenvalue weighted by Crippen LogP contribution is 2.20. The SMILES string of the molecule is CCC(C=O)c1ccc(F)cc1F. The minimum atomic E-state index is -0.654. The van der Waals surface area contributed by atoms with Crippen LogP contribution < -0.4 is 0 Å². The van der Waals surface area contributed by atoms with Crippen molar-refractivity contribution in [3.05, 3.63) is 35.4 Å². The standard InChI is InChI=1S/C10H10F2O/c1-2-7(6-13)9-4-3-8(11)5-10(9)12/h3-7H,2H2,1H3. The molecular weight excluding hydrogens is 174 g/mol. The van der Waals surface area contributed by atoms with Crippen LogP contribution in [0, 0.1) is 11.6 Å². The number of benzene rings is 1. The summed E-state index contributed by atoms with van der Waals surface area (Å²) in [7, 11) is 0. The third-order valence-corrected chi connectivity index (χ3v) is 1.97. The Labute approximate surface area is 75.4 Å². The van der Waals surface area contributed by atoms with Gasteiger partial charge < -0.3 is 4.79 Å². The maximum absolute atomic E-state index is 13.1. The zero-order chi connectivity index (χ0) is 9.84. The molecule has 0 aliphatic carbocycles. The Hall–Kier alpha value is -1.25. The molecule has 0 aromatic heterocycles. The maximum Gasteiger partial charge on any atom is 0.130 e. The van der Waals surface area contributed by atoms with E-state index in [1.807, 2.05) is 0 Å². The predicted molar refractivity (Wildman–Crippen MR) is 45.5 cm³/mol. The van der Waals surface area contributed by atoms with Gasteiger partial charge in [-0.1, -0.05) is 13.0 Å². The van der Waals surface area contributed by atoms with Gasteiger partial charge in [0.1, 0.15) is 17.9 Å². The first-order chi connectivity index (χ1) is 6.19. The summed E-state index contributed by atoms with van der Waals surface area (Å²) in [6.45, 7) is 1.78. The molecule has 13 heavy (non-hydrogen) atoms. The van der Waals surface area contributed by atoms with Gasteiger partial charge in [-0.05, 0) is 18.1 Å². The van der Waals surface area contributed by atoms with Gasteiger partial charge in [0.25, 0.3) is 0 Å². The Kier molecular flexibility index (Phi) is 3.12. The van der Waals surface area contributed by atoms with Crippen molar-refractivity contribution in [1.29, 1.82) is 0 Å². The van der Waals surface area contributed by atoms with Crippen molar-refractivity contribution >= 4 is 6.29 Å². The second-order valence-corrected chi connectivity index (χ2v) is 2.82. The van der Waals surface area contributed by atoms with Gasteiger partial charge in [0.2, 0.25) is 0 Å². The van der Waals surface area contributed by atoms with Crippen LogP contribution >= 0.6 is 0 Å². The van der Waals surface area contributed by atoms with Gasteiger partial charge in [0, 0.05) is 12.0 Å². The molecule has 3 heteroatoms. The van der Waals surface area contributed by atoms with Crippen molar-refractivity contribution in [3.63, 3.8) is 0 Å². The number of rotatable bonds is 3. The van der Waals surface area contributed by atoms with E-state index in [0.29, 0.717) is 12.7 Å². The zero-order valence-corrected chi connectivity index (χ0v) is 7.26. The van der Waals surface area contributed by atoms with E-state index in [2.05, 4.69) is 0 Å². The molecule has 1 rings (SSSR count). The molecule has 0 radical (unpaired) electrons. The highest BCUT2D eigenvalue weighted by molar-refractivity contribution is 5.62. The van der Waals surface area contributed by atoms with Crippen LogP contribution in [0.4, 0.5) is 8.78 Å². The molecular formula is C10H10F2O. The summed E-state index contributed by atoms with van der Waals surface area (Å²) in [5.74, 6) is -1.75. The van der Waals surface area contributed by atoms with Crippen molar-refractivity contribution in [3.8, 4) is 0 Å². The van der Waals surface area contributed by atoms with Crippen LogP contribution in [0.3, 0.4) is 0 Å². The Bertz CT molecular complexity index is 310. The average Bonchev–Trinajstić information content (AvgIpc) is 2.10. The molecule has 0 bridgehead atoms. The van der Waals surface area contributed by atoms with E-state index in [1.165, 1.54) is 6.07 Å². The van der Waals surface area contributed by atoms with Crippen LogP contribution in [0.2, 0.25) is 0 Å². The molecule has 0 saturated carbocycles. The van der Waals surface area contributed by atoms with Crippen LogP contribution in [0.1, 0.15) is 24.8 Å². The van der Waals surface area contributed by atoms with Gasteiger partial charge in [0.15, 0.2) is 0 Å². The number of hydrogen-bond donors (Lipinski definition) is 0. The summed E-state index contributed by atoms with van der Waals surface area (Å²) in [4.78, 5) is 10.5. The van der Waals surface area contributed by atoms with E-state index in [9.17, 15) is 13.6 Å². The Morgan fingerprint density at radius 1 is 1.46 bits per heavy atom. The van der Waals surface area contributed by atoms with Crippen LogP contribution in [0.5, 0.6) is 0 Å². The molecule has 1 atom stereocenters. The van der Waals surface area contributed by atoms with Crippen LogP contribution in [-0.4, -0.2) is 6.29 Å².